The molecule has 0 aliphatic carbocycles. The van der Waals surface area contributed by atoms with Crippen LogP contribution in [-0.2, 0) is 13.3 Å². The third-order valence-corrected chi connectivity index (χ3v) is 2.44. The zero-order valence-electron chi connectivity index (χ0n) is 9.11. The van der Waals surface area contributed by atoms with Crippen LogP contribution in [0.4, 0.5) is 0 Å². The Morgan fingerprint density at radius 3 is 1.43 bits per heavy atom. The van der Waals surface area contributed by atoms with Crippen LogP contribution >= 0.6 is 0 Å². The highest BCUT2D eigenvalue weighted by atomic mass is 28.3. The maximum absolute atomic E-state index is 4.71. The van der Waals surface area contributed by atoms with E-state index in [9.17, 15) is 0 Å². The van der Waals surface area contributed by atoms with E-state index in [1.807, 2.05) is 18.2 Å². The summed E-state index contributed by atoms with van der Waals surface area (Å²) in [5, 5.41) is 0. The van der Waals surface area contributed by atoms with Crippen molar-refractivity contribution in [3.63, 3.8) is 0 Å². The van der Waals surface area contributed by atoms with Crippen LogP contribution in [0.5, 0.6) is 0 Å². The first-order valence-electron chi connectivity index (χ1n) is 4.25. The van der Waals surface area contributed by atoms with Gasteiger partial charge in [0.15, 0.2) is 0 Å². The van der Waals surface area contributed by atoms with E-state index in [4.69, 9.17) is 13.3 Å². The van der Waals surface area contributed by atoms with Gasteiger partial charge in [-0.3, -0.25) is 0 Å². The lowest BCUT2D eigenvalue weighted by Gasteiger charge is -2.02. The van der Waals surface area contributed by atoms with Crippen molar-refractivity contribution in [3.8, 4) is 0 Å². The van der Waals surface area contributed by atoms with E-state index in [1.54, 1.807) is 21.3 Å². The fourth-order valence-electron chi connectivity index (χ4n) is 0.784. The van der Waals surface area contributed by atoms with Crippen LogP contribution in [0.1, 0.15) is 5.56 Å². The summed E-state index contributed by atoms with van der Waals surface area (Å²) in [6.07, 6.45) is 0. The zero-order valence-corrected chi connectivity index (χ0v) is 10.1. The molecule has 0 unspecified atom stereocenters. The molecule has 1 radical (unpaired) electrons. The van der Waals surface area contributed by atoms with E-state index >= 15 is 0 Å². The van der Waals surface area contributed by atoms with Crippen LogP contribution in [0, 0.1) is 6.92 Å². The van der Waals surface area contributed by atoms with Gasteiger partial charge in [-0.05, 0) is 6.92 Å². The molecule has 3 nitrogen and oxygen atoms in total. The van der Waals surface area contributed by atoms with E-state index in [-0.39, 0.29) is 0 Å². The van der Waals surface area contributed by atoms with Crippen LogP contribution < -0.4 is 0 Å². The minimum absolute atomic E-state index is 1.32. The number of aryl methyl sites for hydroxylation is 1. The Morgan fingerprint density at radius 2 is 1.29 bits per heavy atom. The highest BCUT2D eigenvalue weighted by Crippen LogP contribution is 1.92. The fourth-order valence-corrected chi connectivity index (χ4v) is 1.28. The molecule has 0 aliphatic rings. The molecule has 14 heavy (non-hydrogen) atoms. The molecule has 0 fully saturated rings. The van der Waals surface area contributed by atoms with Crippen molar-refractivity contribution >= 4 is 9.53 Å². The topological polar surface area (TPSA) is 27.7 Å². The maximum atomic E-state index is 4.71. The molecule has 0 amide bonds. The lowest BCUT2D eigenvalue weighted by molar-refractivity contribution is 0.163. The summed E-state index contributed by atoms with van der Waals surface area (Å²) >= 11 is 0. The quantitative estimate of drug-likeness (QED) is 0.718. The first kappa shape index (κ1) is 13.3. The average molecular weight is 213 g/mol. The summed E-state index contributed by atoms with van der Waals surface area (Å²) in [6, 6.07) is 10.3. The Morgan fingerprint density at radius 1 is 0.857 bits per heavy atom. The van der Waals surface area contributed by atoms with Gasteiger partial charge in [-0.25, -0.2) is 0 Å². The van der Waals surface area contributed by atoms with Crippen LogP contribution in [-0.4, -0.2) is 30.9 Å². The van der Waals surface area contributed by atoms with Gasteiger partial charge < -0.3 is 13.3 Å². The lowest BCUT2D eigenvalue weighted by Crippen LogP contribution is -2.21. The second-order valence-corrected chi connectivity index (χ2v) is 4.24. The van der Waals surface area contributed by atoms with Gasteiger partial charge in [0, 0.05) is 21.3 Å². The molecule has 0 aliphatic heterocycles. The second-order valence-electron chi connectivity index (χ2n) is 2.52. The van der Waals surface area contributed by atoms with E-state index in [2.05, 4.69) is 19.1 Å². The van der Waals surface area contributed by atoms with Gasteiger partial charge in [-0.2, -0.15) is 0 Å². The van der Waals surface area contributed by atoms with Crippen molar-refractivity contribution in [1.82, 2.24) is 0 Å². The monoisotopic (exact) mass is 213 g/mol. The standard InChI is InChI=1S/C7H8.C3H9O3Si/c1-7-5-3-2-4-6-7;1-4-7(5-2)6-3/h2-6H,1H3;1-3H3. The molecule has 0 bridgehead atoms. The van der Waals surface area contributed by atoms with Gasteiger partial charge in [0.1, 0.15) is 0 Å². The van der Waals surface area contributed by atoms with E-state index in [0.717, 1.165) is 0 Å². The molecule has 0 saturated carbocycles. The van der Waals surface area contributed by atoms with Crippen molar-refractivity contribution in [2.45, 2.75) is 6.92 Å². The molecule has 79 valence electrons. The molecule has 1 aromatic rings. The molecule has 1 rings (SSSR count). The summed E-state index contributed by atoms with van der Waals surface area (Å²) in [5.41, 5.74) is 1.32. The zero-order chi connectivity index (χ0) is 10.8. The molecular formula is C10H17O3Si. The predicted octanol–water partition coefficient (Wildman–Crippen LogP) is 1.91. The Labute approximate surface area is 87.6 Å². The summed E-state index contributed by atoms with van der Waals surface area (Å²) in [5.74, 6) is 0. The van der Waals surface area contributed by atoms with E-state index in [0.29, 0.717) is 0 Å². The molecule has 4 heteroatoms. The molecule has 0 saturated heterocycles. The lowest BCUT2D eigenvalue weighted by atomic mass is 10.2. The van der Waals surface area contributed by atoms with Crippen molar-refractivity contribution < 1.29 is 13.3 Å². The molecule has 0 heterocycles. The van der Waals surface area contributed by atoms with Crippen LogP contribution in [0.25, 0.3) is 0 Å². The molecule has 0 N–H and O–H groups in total. The van der Waals surface area contributed by atoms with Crippen LogP contribution in [0.15, 0.2) is 30.3 Å². The third kappa shape index (κ3) is 6.79. The summed E-state index contributed by atoms with van der Waals surface area (Å²) in [4.78, 5) is 0. The second kappa shape index (κ2) is 8.90. The highest BCUT2D eigenvalue weighted by Gasteiger charge is 2.09. The maximum Gasteiger partial charge on any atom is 0.576 e. The molecule has 0 atom stereocenters. The van der Waals surface area contributed by atoms with Crippen LogP contribution in [0.3, 0.4) is 0 Å². The Kier molecular flexibility index (Phi) is 8.46. The number of hydrogen-bond donors (Lipinski definition) is 0. The SMILES string of the molecule is CO[Si](OC)OC.Cc1ccccc1. The first-order valence-corrected chi connectivity index (χ1v) is 5.47. The average Bonchev–Trinajstić information content (AvgIpc) is 2.22. The van der Waals surface area contributed by atoms with E-state index < -0.39 is 9.53 Å². The van der Waals surface area contributed by atoms with Gasteiger partial charge in [-0.15, -0.1) is 0 Å². The number of rotatable bonds is 3. The number of hydrogen-bond acceptors (Lipinski definition) is 3. The molecule has 1 aromatic carbocycles. The Hall–Kier alpha value is -0.683. The largest absolute Gasteiger partial charge is 0.576 e. The van der Waals surface area contributed by atoms with Gasteiger partial charge >= 0.3 is 9.53 Å². The van der Waals surface area contributed by atoms with Gasteiger partial charge in [0.25, 0.3) is 0 Å². The first-order chi connectivity index (χ1) is 6.74. The highest BCUT2D eigenvalue weighted by molar-refractivity contribution is 6.36. The van der Waals surface area contributed by atoms with Gasteiger partial charge in [-0.1, -0.05) is 35.9 Å². The van der Waals surface area contributed by atoms with Crippen LogP contribution in [0.2, 0.25) is 0 Å². The molecular weight excluding hydrogens is 196 g/mol. The van der Waals surface area contributed by atoms with Crippen molar-refractivity contribution in [3.05, 3.63) is 35.9 Å². The smallest absolute Gasteiger partial charge is 0.375 e. The van der Waals surface area contributed by atoms with Gasteiger partial charge in [0.2, 0.25) is 0 Å². The van der Waals surface area contributed by atoms with Gasteiger partial charge in [0.05, 0.1) is 0 Å². The minimum Gasteiger partial charge on any atom is -0.375 e. The normalized spacial score (nSPS) is 9.50. The summed E-state index contributed by atoms with van der Waals surface area (Å²) in [7, 11) is 3.31. The van der Waals surface area contributed by atoms with Crippen molar-refractivity contribution in [2.75, 3.05) is 21.3 Å². The third-order valence-electron chi connectivity index (χ3n) is 1.44. The summed E-state index contributed by atoms with van der Waals surface area (Å²) in [6.45, 7) is 2.08. The predicted molar refractivity (Wildman–Crippen MR) is 58.0 cm³/mol. The van der Waals surface area contributed by atoms with E-state index in [1.165, 1.54) is 5.56 Å². The van der Waals surface area contributed by atoms with Crippen molar-refractivity contribution in [1.29, 1.82) is 0 Å². The Bertz CT molecular complexity index is 206. The molecule has 0 spiro atoms. The molecule has 0 aromatic heterocycles. The Balaban J connectivity index is 0.000000241. The minimum atomic E-state index is -1.36. The summed E-state index contributed by atoms with van der Waals surface area (Å²) < 4.78 is 14.1. The number of benzene rings is 1. The fraction of sp³-hybridized carbons (Fsp3) is 0.400. The van der Waals surface area contributed by atoms with Crippen molar-refractivity contribution in [2.24, 2.45) is 0 Å².